The van der Waals surface area contributed by atoms with E-state index >= 15 is 0 Å². The molecule has 7 heteroatoms. The molecular formula is C22H21NO6. The van der Waals surface area contributed by atoms with Crippen molar-refractivity contribution < 1.29 is 28.5 Å². The third kappa shape index (κ3) is 3.03. The summed E-state index contributed by atoms with van der Waals surface area (Å²) in [7, 11) is 4.89. The molecule has 0 radical (unpaired) electrons. The van der Waals surface area contributed by atoms with Crippen molar-refractivity contribution in [1.82, 2.24) is 4.90 Å². The normalized spacial score (nSPS) is 17.9. The van der Waals surface area contributed by atoms with Crippen LogP contribution in [0.5, 0.6) is 11.5 Å². The SMILES string of the molecule is COc1ccccc1-c1c(OC)ccc2c1C1(OC(=O)C=CC(=O)O1)N(C)CC2. The number of likely N-dealkylation sites (N-methyl/N-ethyl adjacent to an activating group) is 1. The van der Waals surface area contributed by atoms with Gasteiger partial charge in [-0.2, -0.15) is 0 Å². The molecule has 2 aromatic carbocycles. The molecule has 0 unspecified atom stereocenters. The maximum atomic E-state index is 12.4. The summed E-state index contributed by atoms with van der Waals surface area (Å²) in [4.78, 5) is 26.4. The van der Waals surface area contributed by atoms with E-state index in [2.05, 4.69) is 0 Å². The summed E-state index contributed by atoms with van der Waals surface area (Å²) < 4.78 is 22.7. The summed E-state index contributed by atoms with van der Waals surface area (Å²) in [6.07, 6.45) is 2.83. The van der Waals surface area contributed by atoms with Crippen LogP contribution in [0.1, 0.15) is 11.1 Å². The fourth-order valence-corrected chi connectivity index (χ4v) is 3.87. The van der Waals surface area contributed by atoms with E-state index in [0.29, 0.717) is 35.6 Å². The monoisotopic (exact) mass is 395 g/mol. The van der Waals surface area contributed by atoms with Crippen LogP contribution in [-0.2, 0) is 31.4 Å². The second kappa shape index (κ2) is 7.25. The third-order valence-corrected chi connectivity index (χ3v) is 5.22. The molecule has 0 fully saturated rings. The Bertz CT molecular complexity index is 992. The van der Waals surface area contributed by atoms with E-state index in [1.54, 1.807) is 26.2 Å². The van der Waals surface area contributed by atoms with Gasteiger partial charge in [-0.15, -0.1) is 0 Å². The number of fused-ring (bicyclic) bond motifs is 2. The van der Waals surface area contributed by atoms with E-state index in [1.807, 2.05) is 36.4 Å². The molecule has 0 bridgehead atoms. The summed E-state index contributed by atoms with van der Waals surface area (Å²) in [6.45, 7) is 0.533. The van der Waals surface area contributed by atoms with Crippen molar-refractivity contribution in [2.45, 2.75) is 12.3 Å². The van der Waals surface area contributed by atoms with Crippen LogP contribution in [0, 0.1) is 0 Å². The van der Waals surface area contributed by atoms with Crippen molar-refractivity contribution in [1.29, 1.82) is 0 Å². The molecule has 2 heterocycles. The van der Waals surface area contributed by atoms with Gasteiger partial charge in [-0.25, -0.2) is 14.5 Å². The highest BCUT2D eigenvalue weighted by Crippen LogP contribution is 2.49. The number of benzene rings is 2. The quantitative estimate of drug-likeness (QED) is 0.740. The molecule has 2 aliphatic rings. The van der Waals surface area contributed by atoms with Gasteiger partial charge in [-0.3, -0.25) is 0 Å². The van der Waals surface area contributed by atoms with Crippen molar-refractivity contribution in [3.8, 4) is 22.6 Å². The fraction of sp³-hybridized carbons (Fsp3) is 0.273. The van der Waals surface area contributed by atoms with Crippen LogP contribution in [0.15, 0.2) is 48.6 Å². The lowest BCUT2D eigenvalue weighted by molar-refractivity contribution is -0.289. The number of esters is 2. The van der Waals surface area contributed by atoms with Gasteiger partial charge < -0.3 is 18.9 Å². The van der Waals surface area contributed by atoms with E-state index in [0.717, 1.165) is 23.3 Å². The zero-order chi connectivity index (χ0) is 20.6. The average molecular weight is 395 g/mol. The topological polar surface area (TPSA) is 74.3 Å². The fourth-order valence-electron chi connectivity index (χ4n) is 3.87. The van der Waals surface area contributed by atoms with Gasteiger partial charge in [0.05, 0.1) is 19.8 Å². The third-order valence-electron chi connectivity index (χ3n) is 5.22. The van der Waals surface area contributed by atoms with Gasteiger partial charge in [0.25, 0.3) is 0 Å². The predicted molar refractivity (Wildman–Crippen MR) is 104 cm³/mol. The van der Waals surface area contributed by atoms with Gasteiger partial charge in [-0.1, -0.05) is 24.3 Å². The number of ether oxygens (including phenoxy) is 4. The van der Waals surface area contributed by atoms with Crippen molar-refractivity contribution in [3.63, 3.8) is 0 Å². The maximum absolute atomic E-state index is 12.4. The van der Waals surface area contributed by atoms with E-state index < -0.39 is 17.8 Å². The number of hydrogen-bond donors (Lipinski definition) is 0. The number of rotatable bonds is 3. The Morgan fingerprint density at radius 2 is 1.59 bits per heavy atom. The summed E-state index contributed by atoms with van der Waals surface area (Å²) >= 11 is 0. The molecule has 4 rings (SSSR count). The Labute approximate surface area is 168 Å². The molecule has 0 aliphatic carbocycles. The van der Waals surface area contributed by atoms with Crippen LogP contribution >= 0.6 is 0 Å². The molecule has 0 atom stereocenters. The van der Waals surface area contributed by atoms with E-state index in [1.165, 1.54) is 0 Å². The number of nitrogens with zero attached hydrogens (tertiary/aromatic N) is 1. The van der Waals surface area contributed by atoms with Gasteiger partial charge in [0, 0.05) is 29.8 Å². The number of para-hydroxylation sites is 1. The Kier molecular flexibility index (Phi) is 4.76. The molecule has 0 saturated heterocycles. The zero-order valence-corrected chi connectivity index (χ0v) is 16.4. The summed E-state index contributed by atoms with van der Waals surface area (Å²) in [5, 5.41) is 0. The molecule has 0 amide bonds. The first-order valence-electron chi connectivity index (χ1n) is 9.19. The molecule has 29 heavy (non-hydrogen) atoms. The molecule has 0 aromatic heterocycles. The number of carbonyl (C=O) groups excluding carboxylic acids is 2. The predicted octanol–water partition coefficient (Wildman–Crippen LogP) is 2.63. The van der Waals surface area contributed by atoms with Crippen molar-refractivity contribution in [2.75, 3.05) is 27.8 Å². The lowest BCUT2D eigenvalue weighted by atomic mass is 9.87. The number of carbonyl (C=O) groups is 2. The maximum Gasteiger partial charge on any atom is 0.350 e. The van der Waals surface area contributed by atoms with Crippen molar-refractivity contribution in [2.24, 2.45) is 0 Å². The van der Waals surface area contributed by atoms with Crippen LogP contribution in [-0.4, -0.2) is 44.7 Å². The summed E-state index contributed by atoms with van der Waals surface area (Å²) in [5.74, 6) is -1.87. The first-order valence-corrected chi connectivity index (χ1v) is 9.19. The van der Waals surface area contributed by atoms with Crippen LogP contribution in [0.3, 0.4) is 0 Å². The van der Waals surface area contributed by atoms with Crippen molar-refractivity contribution in [3.05, 3.63) is 59.7 Å². The molecule has 0 N–H and O–H groups in total. The molecule has 2 aromatic rings. The van der Waals surface area contributed by atoms with Gasteiger partial charge in [-0.05, 0) is 31.2 Å². The minimum absolute atomic E-state index is 0.533. The Morgan fingerprint density at radius 3 is 2.24 bits per heavy atom. The standard InChI is InChI=1S/C22H21NO6/c1-23-13-12-14-8-9-17(27-3)20(15-6-4-5-7-16(15)26-2)21(14)22(23)28-18(24)10-11-19(25)29-22/h4-11H,12-13H2,1-3H3. The van der Waals surface area contributed by atoms with Gasteiger partial charge in [0.2, 0.25) is 0 Å². The summed E-state index contributed by atoms with van der Waals surface area (Å²) in [5.41, 5.74) is 2.84. The largest absolute Gasteiger partial charge is 0.496 e. The molecule has 7 nitrogen and oxygen atoms in total. The van der Waals surface area contributed by atoms with Crippen molar-refractivity contribution >= 4 is 11.9 Å². The first-order chi connectivity index (χ1) is 14.0. The first kappa shape index (κ1) is 19.0. The number of methoxy groups -OCH3 is 2. The second-order valence-electron chi connectivity index (χ2n) is 6.81. The Balaban J connectivity index is 2.07. The lowest BCUT2D eigenvalue weighted by Gasteiger charge is -2.43. The van der Waals surface area contributed by atoms with Crippen LogP contribution in [0.25, 0.3) is 11.1 Å². The number of hydrogen-bond acceptors (Lipinski definition) is 7. The molecular weight excluding hydrogens is 374 g/mol. The van der Waals surface area contributed by atoms with Crippen LogP contribution < -0.4 is 9.47 Å². The summed E-state index contributed by atoms with van der Waals surface area (Å²) in [6, 6.07) is 11.2. The Hall–Kier alpha value is -3.32. The highest BCUT2D eigenvalue weighted by Gasteiger charge is 2.51. The highest BCUT2D eigenvalue weighted by molar-refractivity contribution is 5.94. The molecule has 150 valence electrons. The van der Waals surface area contributed by atoms with Gasteiger partial charge in [0.1, 0.15) is 11.5 Å². The average Bonchev–Trinajstić information content (AvgIpc) is 2.88. The highest BCUT2D eigenvalue weighted by atomic mass is 16.8. The zero-order valence-electron chi connectivity index (χ0n) is 16.4. The molecule has 1 spiro atoms. The Morgan fingerprint density at radius 1 is 0.931 bits per heavy atom. The molecule has 2 aliphatic heterocycles. The van der Waals surface area contributed by atoms with Gasteiger partial charge >= 0.3 is 17.8 Å². The lowest BCUT2D eigenvalue weighted by Crippen LogP contribution is -2.53. The van der Waals surface area contributed by atoms with Crippen LogP contribution in [0.2, 0.25) is 0 Å². The smallest absolute Gasteiger partial charge is 0.350 e. The molecule has 0 saturated carbocycles. The second-order valence-corrected chi connectivity index (χ2v) is 6.81. The van der Waals surface area contributed by atoms with E-state index in [4.69, 9.17) is 18.9 Å². The van der Waals surface area contributed by atoms with E-state index in [-0.39, 0.29) is 0 Å². The minimum Gasteiger partial charge on any atom is -0.496 e. The van der Waals surface area contributed by atoms with E-state index in [9.17, 15) is 9.59 Å². The van der Waals surface area contributed by atoms with Crippen LogP contribution in [0.4, 0.5) is 0 Å². The minimum atomic E-state index is -1.71. The van der Waals surface area contributed by atoms with Gasteiger partial charge in [0.15, 0.2) is 0 Å².